The van der Waals surface area contributed by atoms with Crippen molar-refractivity contribution in [2.45, 2.75) is 46.5 Å². The standard InChI is InChI=1S/C37H36O5/c1-22-12-29(18-27-14-23(2)35(40)31(20-27)16-25-4-8-33(38)9-5-25)37(42)30(13-22)19-28-15-24(3)36(41)32(21-28)17-26-6-10-34(39)11-7-26/h4-15,20-21,38-42H,16-19H2,1-3H3. The van der Waals surface area contributed by atoms with Crippen molar-refractivity contribution in [1.29, 1.82) is 0 Å². The van der Waals surface area contributed by atoms with Crippen molar-refractivity contribution in [3.05, 3.63) is 146 Å². The zero-order valence-electron chi connectivity index (χ0n) is 24.1. The van der Waals surface area contributed by atoms with E-state index >= 15 is 0 Å². The molecule has 0 aliphatic carbocycles. The quantitative estimate of drug-likeness (QED) is 0.135. The highest BCUT2D eigenvalue weighted by atomic mass is 16.3. The molecule has 0 aromatic heterocycles. The molecule has 5 rings (SSSR count). The van der Waals surface area contributed by atoms with Crippen LogP contribution in [0.25, 0.3) is 0 Å². The van der Waals surface area contributed by atoms with Gasteiger partial charge in [0.25, 0.3) is 0 Å². The summed E-state index contributed by atoms with van der Waals surface area (Å²) in [7, 11) is 0. The summed E-state index contributed by atoms with van der Waals surface area (Å²) in [4.78, 5) is 0. The second-order valence-corrected chi connectivity index (χ2v) is 11.3. The fourth-order valence-electron chi connectivity index (χ4n) is 5.65. The normalized spacial score (nSPS) is 11.1. The average molecular weight is 561 g/mol. The Hall–Kier alpha value is -4.90. The van der Waals surface area contributed by atoms with Gasteiger partial charge in [-0.1, -0.05) is 66.2 Å². The zero-order valence-corrected chi connectivity index (χ0v) is 24.1. The number of phenols is 5. The molecule has 0 heterocycles. The lowest BCUT2D eigenvalue weighted by Gasteiger charge is -2.16. The van der Waals surface area contributed by atoms with Crippen LogP contribution in [0.5, 0.6) is 28.7 Å². The third-order valence-electron chi connectivity index (χ3n) is 7.74. The van der Waals surface area contributed by atoms with Crippen molar-refractivity contribution in [3.8, 4) is 28.7 Å². The summed E-state index contributed by atoms with van der Waals surface area (Å²) in [5.41, 5.74) is 9.73. The average Bonchev–Trinajstić information content (AvgIpc) is 2.94. The lowest BCUT2D eigenvalue weighted by Crippen LogP contribution is -2.00. The van der Waals surface area contributed by atoms with Gasteiger partial charge in [0.1, 0.15) is 28.7 Å². The Morgan fingerprint density at radius 2 is 0.714 bits per heavy atom. The van der Waals surface area contributed by atoms with Crippen LogP contribution in [0.15, 0.2) is 84.9 Å². The first-order valence-electron chi connectivity index (χ1n) is 14.1. The fourth-order valence-corrected chi connectivity index (χ4v) is 5.65. The van der Waals surface area contributed by atoms with Crippen molar-refractivity contribution >= 4 is 0 Å². The molecule has 5 aromatic rings. The maximum absolute atomic E-state index is 11.4. The van der Waals surface area contributed by atoms with Crippen molar-refractivity contribution < 1.29 is 25.5 Å². The molecule has 5 nitrogen and oxygen atoms in total. The van der Waals surface area contributed by atoms with Crippen molar-refractivity contribution in [3.63, 3.8) is 0 Å². The molecule has 0 saturated carbocycles. The minimum atomic E-state index is 0.203. The van der Waals surface area contributed by atoms with E-state index < -0.39 is 0 Å². The Morgan fingerprint density at radius 3 is 1.10 bits per heavy atom. The Kier molecular flexibility index (Phi) is 8.12. The van der Waals surface area contributed by atoms with Crippen LogP contribution >= 0.6 is 0 Å². The molecule has 0 aliphatic rings. The highest BCUT2D eigenvalue weighted by Crippen LogP contribution is 2.34. The molecule has 5 N–H and O–H groups in total. The Morgan fingerprint density at radius 1 is 0.381 bits per heavy atom. The van der Waals surface area contributed by atoms with Gasteiger partial charge in [-0.15, -0.1) is 0 Å². The number of hydrogen-bond acceptors (Lipinski definition) is 5. The lowest BCUT2D eigenvalue weighted by atomic mass is 9.91. The number of aryl methyl sites for hydroxylation is 3. The van der Waals surface area contributed by atoms with Gasteiger partial charge in [0.15, 0.2) is 0 Å². The number of rotatable bonds is 8. The van der Waals surface area contributed by atoms with E-state index in [2.05, 4.69) is 0 Å². The van der Waals surface area contributed by atoms with E-state index in [1.54, 1.807) is 24.3 Å². The predicted octanol–water partition coefficient (Wildman–Crippen LogP) is 7.50. The number of aromatic hydroxyl groups is 5. The molecule has 0 bridgehead atoms. The van der Waals surface area contributed by atoms with Gasteiger partial charge in [0.05, 0.1) is 0 Å². The van der Waals surface area contributed by atoms with Gasteiger partial charge in [0.2, 0.25) is 0 Å². The highest BCUT2D eigenvalue weighted by Gasteiger charge is 2.15. The van der Waals surface area contributed by atoms with E-state index in [-0.39, 0.29) is 28.7 Å². The van der Waals surface area contributed by atoms with E-state index in [1.807, 2.05) is 81.4 Å². The van der Waals surface area contributed by atoms with Gasteiger partial charge in [-0.05, 0) is 101 Å². The molecule has 0 amide bonds. The molecular weight excluding hydrogens is 524 g/mol. The third kappa shape index (κ3) is 6.52. The van der Waals surface area contributed by atoms with E-state index in [1.165, 1.54) is 0 Å². The summed E-state index contributed by atoms with van der Waals surface area (Å²) < 4.78 is 0. The van der Waals surface area contributed by atoms with E-state index in [4.69, 9.17) is 0 Å². The van der Waals surface area contributed by atoms with Crippen LogP contribution in [-0.4, -0.2) is 25.5 Å². The SMILES string of the molecule is Cc1cc(Cc2cc(C)c(O)c(Cc3ccc(O)cc3)c2)c(O)c(Cc2cc(C)c(O)c(Cc3ccc(O)cc3)c2)c1. The molecule has 0 saturated heterocycles. The largest absolute Gasteiger partial charge is 0.508 e. The molecule has 5 heteroatoms. The van der Waals surface area contributed by atoms with Crippen molar-refractivity contribution in [2.24, 2.45) is 0 Å². The first-order chi connectivity index (χ1) is 20.0. The monoisotopic (exact) mass is 560 g/mol. The van der Waals surface area contributed by atoms with Crippen LogP contribution < -0.4 is 0 Å². The Balaban J connectivity index is 1.42. The summed E-state index contributed by atoms with van der Waals surface area (Å²) in [6, 6.07) is 25.8. The fraction of sp³-hybridized carbons (Fsp3) is 0.189. The minimum absolute atomic E-state index is 0.203. The Labute approximate surface area is 246 Å². The number of hydrogen-bond donors (Lipinski definition) is 5. The van der Waals surface area contributed by atoms with Crippen LogP contribution in [-0.2, 0) is 25.7 Å². The van der Waals surface area contributed by atoms with Gasteiger partial charge in [0, 0.05) is 25.7 Å². The van der Waals surface area contributed by atoms with Crippen molar-refractivity contribution in [2.75, 3.05) is 0 Å². The highest BCUT2D eigenvalue weighted by molar-refractivity contribution is 5.52. The van der Waals surface area contributed by atoms with Gasteiger partial charge in [-0.3, -0.25) is 0 Å². The summed E-state index contributed by atoms with van der Waals surface area (Å²) in [5, 5.41) is 52.1. The van der Waals surface area contributed by atoms with Crippen LogP contribution in [0.4, 0.5) is 0 Å². The van der Waals surface area contributed by atoms with Crippen LogP contribution in [0, 0.1) is 20.8 Å². The minimum Gasteiger partial charge on any atom is -0.508 e. The molecule has 0 atom stereocenters. The second kappa shape index (κ2) is 11.9. The zero-order chi connectivity index (χ0) is 30.0. The summed E-state index contributed by atoms with van der Waals surface area (Å²) in [5.74, 6) is 1.17. The molecule has 0 unspecified atom stereocenters. The van der Waals surface area contributed by atoms with E-state index in [9.17, 15) is 25.5 Å². The molecule has 0 aliphatic heterocycles. The molecule has 42 heavy (non-hydrogen) atoms. The molecule has 0 radical (unpaired) electrons. The van der Waals surface area contributed by atoms with Gasteiger partial charge >= 0.3 is 0 Å². The van der Waals surface area contributed by atoms with Gasteiger partial charge in [-0.25, -0.2) is 0 Å². The predicted molar refractivity (Wildman–Crippen MR) is 166 cm³/mol. The van der Waals surface area contributed by atoms with E-state index in [0.717, 1.165) is 61.2 Å². The summed E-state index contributed by atoms with van der Waals surface area (Å²) in [6.45, 7) is 5.77. The smallest absolute Gasteiger partial charge is 0.122 e. The third-order valence-corrected chi connectivity index (χ3v) is 7.74. The van der Waals surface area contributed by atoms with Crippen LogP contribution in [0.3, 0.4) is 0 Å². The lowest BCUT2D eigenvalue weighted by molar-refractivity contribution is 0.462. The maximum atomic E-state index is 11.4. The van der Waals surface area contributed by atoms with Gasteiger partial charge in [-0.2, -0.15) is 0 Å². The maximum Gasteiger partial charge on any atom is 0.122 e. The number of benzene rings is 5. The van der Waals surface area contributed by atoms with Crippen LogP contribution in [0.1, 0.15) is 61.2 Å². The van der Waals surface area contributed by atoms with Crippen molar-refractivity contribution in [1.82, 2.24) is 0 Å². The second-order valence-electron chi connectivity index (χ2n) is 11.3. The molecular formula is C37H36O5. The first-order valence-corrected chi connectivity index (χ1v) is 14.1. The number of phenolic OH excluding ortho intramolecular Hbond substituents is 5. The van der Waals surface area contributed by atoms with Crippen LogP contribution in [0.2, 0.25) is 0 Å². The Bertz CT molecular complexity index is 1610. The summed E-state index contributed by atoms with van der Waals surface area (Å²) >= 11 is 0. The molecule has 0 spiro atoms. The van der Waals surface area contributed by atoms with Gasteiger partial charge < -0.3 is 25.5 Å². The summed E-state index contributed by atoms with van der Waals surface area (Å²) in [6.07, 6.45) is 2.06. The first kappa shape index (κ1) is 28.6. The molecule has 0 fully saturated rings. The molecule has 5 aromatic carbocycles. The topological polar surface area (TPSA) is 101 Å². The van der Waals surface area contributed by atoms with E-state index in [0.29, 0.717) is 25.7 Å². The molecule has 214 valence electrons.